The number of carbonyl (C=O) groups excluding carboxylic acids is 4. The number of piperidine rings is 1. The van der Waals surface area contributed by atoms with E-state index >= 15 is 0 Å². The van der Waals surface area contributed by atoms with E-state index in [0.29, 0.717) is 28.0 Å². The van der Waals surface area contributed by atoms with Crippen molar-refractivity contribution in [1.82, 2.24) is 20.2 Å². The van der Waals surface area contributed by atoms with Crippen LogP contribution in [0.4, 0.5) is 15.9 Å². The van der Waals surface area contributed by atoms with Gasteiger partial charge in [0.05, 0.1) is 39.5 Å². The van der Waals surface area contributed by atoms with Gasteiger partial charge in [-0.1, -0.05) is 29.3 Å². The van der Waals surface area contributed by atoms with Crippen LogP contribution in [0.3, 0.4) is 0 Å². The Morgan fingerprint density at radius 1 is 1.02 bits per heavy atom. The number of amides is 4. The molecule has 1 atom stereocenters. The van der Waals surface area contributed by atoms with E-state index in [-0.39, 0.29) is 52.1 Å². The fourth-order valence-corrected chi connectivity index (χ4v) is 5.27. The van der Waals surface area contributed by atoms with Gasteiger partial charge in [0.15, 0.2) is 17.3 Å². The van der Waals surface area contributed by atoms with Gasteiger partial charge in [0.25, 0.3) is 11.8 Å². The van der Waals surface area contributed by atoms with Gasteiger partial charge in [-0.25, -0.2) is 14.4 Å². The molecule has 1 fully saturated rings. The number of nitrogens with zero attached hydrogens (tertiary/aromatic N) is 3. The highest BCUT2D eigenvalue weighted by molar-refractivity contribution is 6.42. The Labute approximate surface area is 252 Å². The van der Waals surface area contributed by atoms with Crippen molar-refractivity contribution in [3.8, 4) is 11.5 Å². The number of halogens is 3. The average Bonchev–Trinajstić information content (AvgIpc) is 3.24. The van der Waals surface area contributed by atoms with E-state index in [1.165, 1.54) is 37.7 Å². The van der Waals surface area contributed by atoms with Crippen LogP contribution in [0.2, 0.25) is 10.0 Å². The monoisotopic (exact) mass is 623 g/mol. The second-order valence-corrected chi connectivity index (χ2v) is 10.5. The molecule has 0 saturated carbocycles. The molecule has 1 saturated heterocycles. The molecule has 3 heterocycles. The first-order chi connectivity index (χ1) is 20.7. The number of anilines is 2. The molecule has 0 radical (unpaired) electrons. The molecule has 14 heteroatoms. The summed E-state index contributed by atoms with van der Waals surface area (Å²) < 4.78 is 26.3. The van der Waals surface area contributed by atoms with Crippen LogP contribution < -0.4 is 20.1 Å². The lowest BCUT2D eigenvalue weighted by Gasteiger charge is -2.27. The Balaban J connectivity index is 1.26. The fraction of sp³-hybridized carbons (Fsp3) is 0.172. The van der Waals surface area contributed by atoms with Gasteiger partial charge in [0.2, 0.25) is 11.8 Å². The molecule has 0 bridgehead atoms. The van der Waals surface area contributed by atoms with Crippen molar-refractivity contribution in [2.75, 3.05) is 12.4 Å². The number of hydrogen-bond acceptors (Lipinski definition) is 9. The lowest BCUT2D eigenvalue weighted by Crippen LogP contribution is -2.54. The first kappa shape index (κ1) is 28.3. The van der Waals surface area contributed by atoms with Crippen LogP contribution in [0.1, 0.15) is 39.1 Å². The minimum Gasteiger partial charge on any atom is -0.493 e. The van der Waals surface area contributed by atoms with Gasteiger partial charge < -0.3 is 14.8 Å². The van der Waals surface area contributed by atoms with Crippen molar-refractivity contribution in [2.24, 2.45) is 0 Å². The summed E-state index contributed by atoms with van der Waals surface area (Å²) in [6, 6.07) is 9.74. The van der Waals surface area contributed by atoms with Crippen LogP contribution in [-0.4, -0.2) is 51.6 Å². The van der Waals surface area contributed by atoms with Crippen LogP contribution in [0.15, 0.2) is 48.8 Å². The van der Waals surface area contributed by atoms with Gasteiger partial charge in [-0.3, -0.25) is 29.4 Å². The highest BCUT2D eigenvalue weighted by atomic mass is 35.5. The van der Waals surface area contributed by atoms with Crippen LogP contribution in [0.25, 0.3) is 10.9 Å². The molecule has 2 aliphatic rings. The van der Waals surface area contributed by atoms with E-state index in [4.69, 9.17) is 32.7 Å². The third kappa shape index (κ3) is 5.08. The molecule has 4 amide bonds. The topological polar surface area (TPSA) is 140 Å². The molecule has 43 heavy (non-hydrogen) atoms. The lowest BCUT2D eigenvalue weighted by molar-refractivity contribution is -0.136. The Bertz CT molecular complexity index is 1870. The maximum Gasteiger partial charge on any atom is 0.262 e. The quantitative estimate of drug-likeness (QED) is 0.219. The molecule has 1 unspecified atom stereocenters. The van der Waals surface area contributed by atoms with Gasteiger partial charge in [0, 0.05) is 17.9 Å². The normalized spacial score (nSPS) is 16.4. The first-order valence-electron chi connectivity index (χ1n) is 12.9. The van der Waals surface area contributed by atoms with Gasteiger partial charge in [0.1, 0.15) is 24.8 Å². The summed E-state index contributed by atoms with van der Waals surface area (Å²) in [7, 11) is 1.46. The van der Waals surface area contributed by atoms with E-state index in [0.717, 1.165) is 4.90 Å². The summed E-state index contributed by atoms with van der Waals surface area (Å²) in [5.41, 5.74) is 1.38. The van der Waals surface area contributed by atoms with Crippen molar-refractivity contribution in [1.29, 1.82) is 0 Å². The summed E-state index contributed by atoms with van der Waals surface area (Å²) in [6.07, 6.45) is 1.40. The second kappa shape index (κ2) is 11.1. The molecule has 2 N–H and O–H groups in total. The number of carbonyl (C=O) groups is 4. The Morgan fingerprint density at radius 2 is 1.81 bits per heavy atom. The molecule has 0 spiro atoms. The van der Waals surface area contributed by atoms with Gasteiger partial charge in [-0.05, 0) is 42.3 Å². The third-order valence-corrected chi connectivity index (χ3v) is 7.89. The molecule has 11 nitrogen and oxygen atoms in total. The second-order valence-electron chi connectivity index (χ2n) is 9.71. The van der Waals surface area contributed by atoms with Crippen LogP contribution in [-0.2, 0) is 16.2 Å². The molecule has 0 aliphatic carbocycles. The number of methoxy groups -OCH3 is 1. The third-order valence-electron chi connectivity index (χ3n) is 7.11. The van der Waals surface area contributed by atoms with E-state index in [2.05, 4.69) is 20.6 Å². The summed E-state index contributed by atoms with van der Waals surface area (Å²) in [6.45, 7) is -0.0209. The molecule has 3 aromatic carbocycles. The highest BCUT2D eigenvalue weighted by Crippen LogP contribution is 2.37. The standard InChI is InChI=1S/C29H20Cl2FN5O6/c1-42-21-10-19-16(26(34-12-33-19)35-18-5-4-17(30)24(31)25(18)32)9-22(21)43-11-13-2-3-14-15(8-13)29(41)37(28(14)40)20-6-7-23(38)36-27(20)39/h2-5,8-10,12,20H,6-7,11H2,1H3,(H,33,34,35)(H,36,38,39). The molecular formula is C29H20Cl2FN5O6. The van der Waals surface area contributed by atoms with Crippen molar-refractivity contribution in [3.05, 3.63) is 81.3 Å². The van der Waals surface area contributed by atoms with Crippen molar-refractivity contribution >= 4 is 69.2 Å². The molecule has 218 valence electrons. The number of rotatable bonds is 7. The molecule has 4 aromatic rings. The number of ether oxygens (including phenoxy) is 2. The zero-order valence-electron chi connectivity index (χ0n) is 22.2. The summed E-state index contributed by atoms with van der Waals surface area (Å²) in [5, 5.41) is 5.40. The van der Waals surface area contributed by atoms with E-state index in [9.17, 15) is 23.6 Å². The smallest absolute Gasteiger partial charge is 0.262 e. The Morgan fingerprint density at radius 3 is 2.58 bits per heavy atom. The largest absolute Gasteiger partial charge is 0.493 e. The molecule has 1 aromatic heterocycles. The lowest BCUT2D eigenvalue weighted by atomic mass is 10.0. The average molecular weight is 624 g/mol. The van der Waals surface area contributed by atoms with Crippen molar-refractivity contribution in [2.45, 2.75) is 25.5 Å². The number of hydrogen-bond donors (Lipinski definition) is 2. The zero-order valence-corrected chi connectivity index (χ0v) is 23.8. The number of aromatic nitrogens is 2. The Hall–Kier alpha value is -4.81. The minimum absolute atomic E-state index is 0.0209. The molecule has 6 rings (SSSR count). The summed E-state index contributed by atoms with van der Waals surface area (Å²) in [5.74, 6) is -2.17. The van der Waals surface area contributed by atoms with Gasteiger partial charge in [-0.15, -0.1) is 0 Å². The first-order valence-corrected chi connectivity index (χ1v) is 13.6. The summed E-state index contributed by atoms with van der Waals surface area (Å²) >= 11 is 11.9. The number of benzene rings is 3. The van der Waals surface area contributed by atoms with E-state index in [1.54, 1.807) is 18.2 Å². The van der Waals surface area contributed by atoms with E-state index in [1.807, 2.05) is 0 Å². The van der Waals surface area contributed by atoms with Crippen molar-refractivity contribution < 1.29 is 33.0 Å². The highest BCUT2D eigenvalue weighted by Gasteiger charge is 2.44. The predicted octanol–water partition coefficient (Wildman–Crippen LogP) is 4.81. The predicted molar refractivity (Wildman–Crippen MR) is 153 cm³/mol. The number of fused-ring (bicyclic) bond motifs is 2. The van der Waals surface area contributed by atoms with E-state index < -0.39 is 35.5 Å². The number of imide groups is 2. The van der Waals surface area contributed by atoms with Gasteiger partial charge in [-0.2, -0.15) is 0 Å². The Kier molecular flexibility index (Phi) is 7.32. The zero-order chi connectivity index (χ0) is 30.4. The SMILES string of the molecule is COc1cc2ncnc(Nc3ccc(Cl)c(Cl)c3F)c2cc1OCc1ccc2c(c1)C(=O)N(C1CCC(=O)NC1=O)C2=O. The molecule has 2 aliphatic heterocycles. The van der Waals surface area contributed by atoms with Crippen LogP contribution in [0.5, 0.6) is 11.5 Å². The van der Waals surface area contributed by atoms with Crippen molar-refractivity contribution in [3.63, 3.8) is 0 Å². The minimum atomic E-state index is -1.06. The summed E-state index contributed by atoms with van der Waals surface area (Å²) in [4.78, 5) is 59.4. The fourth-order valence-electron chi connectivity index (χ4n) is 4.95. The van der Waals surface area contributed by atoms with Crippen LogP contribution >= 0.6 is 23.2 Å². The maximum atomic E-state index is 14.7. The van der Waals surface area contributed by atoms with Crippen LogP contribution in [0, 0.1) is 5.82 Å². The maximum absolute atomic E-state index is 14.7. The van der Waals surface area contributed by atoms with Gasteiger partial charge >= 0.3 is 0 Å². The number of nitrogens with one attached hydrogen (secondary N) is 2. The molecular weight excluding hydrogens is 604 g/mol.